The molecule has 0 saturated heterocycles. The molecule has 2 heterocycles. The van der Waals surface area contributed by atoms with Crippen LogP contribution in [0.1, 0.15) is 21.7 Å². The zero-order valence-corrected chi connectivity index (χ0v) is 13.5. The summed E-state index contributed by atoms with van der Waals surface area (Å²) >= 11 is 3.49. The Bertz CT molecular complexity index is 531. The minimum Gasteiger partial charge on any atom is -0.357 e. The maximum Gasteiger partial charge on any atom is 0.191 e. The molecule has 0 aliphatic heterocycles. The molecule has 6 heteroatoms. The van der Waals surface area contributed by atoms with Gasteiger partial charge >= 0.3 is 0 Å². The summed E-state index contributed by atoms with van der Waals surface area (Å²) in [6, 6.07) is 4.25. The van der Waals surface area contributed by atoms with Gasteiger partial charge in [-0.15, -0.1) is 22.7 Å². The van der Waals surface area contributed by atoms with E-state index in [0.29, 0.717) is 6.54 Å². The first-order valence-corrected chi connectivity index (χ1v) is 8.43. The second kappa shape index (κ2) is 8.01. The van der Waals surface area contributed by atoms with Crippen LogP contribution in [0.5, 0.6) is 0 Å². The number of thiophene rings is 1. The van der Waals surface area contributed by atoms with Crippen molar-refractivity contribution in [1.29, 1.82) is 0 Å². The third kappa shape index (κ3) is 4.94. The van der Waals surface area contributed by atoms with Crippen molar-refractivity contribution in [1.82, 2.24) is 15.6 Å². The van der Waals surface area contributed by atoms with E-state index >= 15 is 0 Å². The van der Waals surface area contributed by atoms with Crippen molar-refractivity contribution < 1.29 is 0 Å². The van der Waals surface area contributed by atoms with Crippen LogP contribution >= 0.6 is 22.7 Å². The van der Waals surface area contributed by atoms with Crippen LogP contribution in [0.25, 0.3) is 0 Å². The minimum atomic E-state index is 0.680. The summed E-state index contributed by atoms with van der Waals surface area (Å²) in [5, 5.41) is 9.83. The van der Waals surface area contributed by atoms with Crippen molar-refractivity contribution in [2.45, 2.75) is 26.8 Å². The molecule has 0 spiro atoms. The fourth-order valence-electron chi connectivity index (χ4n) is 1.74. The van der Waals surface area contributed by atoms with Crippen molar-refractivity contribution in [2.75, 3.05) is 13.1 Å². The summed E-state index contributed by atoms with van der Waals surface area (Å²) in [5.74, 6) is 0.870. The van der Waals surface area contributed by atoms with Gasteiger partial charge in [-0.2, -0.15) is 0 Å². The van der Waals surface area contributed by atoms with Gasteiger partial charge in [-0.3, -0.25) is 0 Å². The first-order chi connectivity index (χ1) is 9.78. The van der Waals surface area contributed by atoms with E-state index in [1.807, 2.05) is 13.1 Å². The topological polar surface area (TPSA) is 49.3 Å². The molecule has 0 aromatic carbocycles. The molecule has 0 fully saturated rings. The monoisotopic (exact) mass is 308 g/mol. The fourth-order valence-corrected chi connectivity index (χ4v) is 3.16. The van der Waals surface area contributed by atoms with E-state index in [1.54, 1.807) is 22.7 Å². The molecule has 0 radical (unpaired) electrons. The molecule has 2 aromatic heterocycles. The van der Waals surface area contributed by atoms with Gasteiger partial charge in [-0.1, -0.05) is 6.07 Å². The Balaban J connectivity index is 1.82. The second-order valence-corrected chi connectivity index (χ2v) is 6.65. The van der Waals surface area contributed by atoms with Crippen molar-refractivity contribution in [2.24, 2.45) is 4.99 Å². The number of aryl methyl sites for hydroxylation is 1. The van der Waals surface area contributed by atoms with Gasteiger partial charge in [0.15, 0.2) is 5.96 Å². The van der Waals surface area contributed by atoms with Crippen molar-refractivity contribution in [3.8, 4) is 0 Å². The molecular weight excluding hydrogens is 288 g/mol. The highest BCUT2D eigenvalue weighted by molar-refractivity contribution is 7.11. The van der Waals surface area contributed by atoms with Gasteiger partial charge in [0.25, 0.3) is 0 Å². The number of guanidine groups is 1. The van der Waals surface area contributed by atoms with Gasteiger partial charge in [0.1, 0.15) is 0 Å². The van der Waals surface area contributed by atoms with E-state index < -0.39 is 0 Å². The highest BCUT2D eigenvalue weighted by Crippen LogP contribution is 2.12. The number of rotatable bonds is 6. The molecule has 4 nitrogen and oxygen atoms in total. The summed E-state index contributed by atoms with van der Waals surface area (Å²) in [4.78, 5) is 11.4. The summed E-state index contributed by atoms with van der Waals surface area (Å²) in [6.07, 6.45) is 2.93. The van der Waals surface area contributed by atoms with E-state index in [0.717, 1.165) is 30.5 Å². The molecule has 0 atom stereocenters. The lowest BCUT2D eigenvalue weighted by molar-refractivity contribution is 0.806. The molecule has 2 N–H and O–H groups in total. The molecule has 20 heavy (non-hydrogen) atoms. The zero-order valence-electron chi connectivity index (χ0n) is 11.8. The smallest absolute Gasteiger partial charge is 0.191 e. The summed E-state index contributed by atoms with van der Waals surface area (Å²) < 4.78 is 0. The number of aliphatic imine (C=N–C) groups is 1. The van der Waals surface area contributed by atoms with Crippen LogP contribution < -0.4 is 10.6 Å². The Morgan fingerprint density at radius 3 is 2.90 bits per heavy atom. The highest BCUT2D eigenvalue weighted by Gasteiger charge is 2.00. The zero-order chi connectivity index (χ0) is 14.2. The van der Waals surface area contributed by atoms with Crippen LogP contribution in [-0.4, -0.2) is 24.0 Å². The normalized spacial score (nSPS) is 11.6. The second-order valence-electron chi connectivity index (χ2n) is 4.30. The Hall–Kier alpha value is -1.40. The molecule has 0 aliphatic carbocycles. The fraction of sp³-hybridized carbons (Fsp3) is 0.429. The van der Waals surface area contributed by atoms with Crippen LogP contribution in [0, 0.1) is 6.92 Å². The predicted molar refractivity (Wildman–Crippen MR) is 87.7 cm³/mol. The summed E-state index contributed by atoms with van der Waals surface area (Å²) in [5.41, 5.74) is 0. The number of nitrogens with zero attached hydrogens (tertiary/aromatic N) is 2. The van der Waals surface area contributed by atoms with Gasteiger partial charge in [-0.25, -0.2) is 9.98 Å². The van der Waals surface area contributed by atoms with E-state index in [-0.39, 0.29) is 0 Å². The predicted octanol–water partition coefficient (Wildman–Crippen LogP) is 2.81. The Morgan fingerprint density at radius 1 is 1.35 bits per heavy atom. The Labute approximate surface area is 128 Å². The maximum absolute atomic E-state index is 4.58. The third-order valence-electron chi connectivity index (χ3n) is 2.65. The van der Waals surface area contributed by atoms with Gasteiger partial charge in [0, 0.05) is 29.0 Å². The average molecular weight is 308 g/mol. The van der Waals surface area contributed by atoms with Crippen LogP contribution in [0.2, 0.25) is 0 Å². The molecule has 2 rings (SSSR count). The van der Waals surface area contributed by atoms with Crippen LogP contribution in [0.4, 0.5) is 0 Å². The number of aromatic nitrogens is 1. The van der Waals surface area contributed by atoms with Crippen molar-refractivity contribution in [3.05, 3.63) is 38.5 Å². The highest BCUT2D eigenvalue weighted by atomic mass is 32.1. The average Bonchev–Trinajstić information content (AvgIpc) is 3.07. The number of hydrogen-bond acceptors (Lipinski definition) is 4. The van der Waals surface area contributed by atoms with E-state index in [1.165, 1.54) is 9.75 Å². The maximum atomic E-state index is 4.58. The van der Waals surface area contributed by atoms with E-state index in [4.69, 9.17) is 0 Å². The molecule has 0 amide bonds. The van der Waals surface area contributed by atoms with Gasteiger partial charge in [0.05, 0.1) is 11.6 Å². The van der Waals surface area contributed by atoms with Gasteiger partial charge in [0.2, 0.25) is 0 Å². The summed E-state index contributed by atoms with van der Waals surface area (Å²) in [7, 11) is 0. The first-order valence-electron chi connectivity index (χ1n) is 6.74. The van der Waals surface area contributed by atoms with Crippen LogP contribution in [-0.2, 0) is 13.0 Å². The summed E-state index contributed by atoms with van der Waals surface area (Å²) in [6.45, 7) is 6.54. The first kappa shape index (κ1) is 15.0. The number of thiazole rings is 1. The number of nitrogens with one attached hydrogen (secondary N) is 2. The Morgan fingerprint density at radius 2 is 2.25 bits per heavy atom. The van der Waals surface area contributed by atoms with E-state index in [9.17, 15) is 0 Å². The van der Waals surface area contributed by atoms with Crippen LogP contribution in [0.3, 0.4) is 0 Å². The van der Waals surface area contributed by atoms with E-state index in [2.05, 4.69) is 45.0 Å². The minimum absolute atomic E-state index is 0.680. The molecule has 0 unspecified atom stereocenters. The largest absolute Gasteiger partial charge is 0.357 e. The van der Waals surface area contributed by atoms with Gasteiger partial charge < -0.3 is 10.6 Å². The lowest BCUT2D eigenvalue weighted by Gasteiger charge is -2.10. The SMILES string of the molecule is CCNC(=NCc1cnc(C)s1)NCCc1cccs1. The van der Waals surface area contributed by atoms with Crippen molar-refractivity contribution in [3.63, 3.8) is 0 Å². The standard InChI is InChI=1S/C14H20N4S2/c1-3-15-14(16-7-6-12-5-4-8-19-12)18-10-13-9-17-11(2)20-13/h4-5,8-9H,3,6-7,10H2,1-2H3,(H2,15,16,18). The van der Waals surface area contributed by atoms with Crippen molar-refractivity contribution >= 4 is 28.6 Å². The molecular formula is C14H20N4S2. The van der Waals surface area contributed by atoms with Crippen LogP contribution in [0.15, 0.2) is 28.7 Å². The molecule has 0 bridgehead atoms. The molecule has 0 saturated carbocycles. The quantitative estimate of drug-likeness (QED) is 0.637. The molecule has 2 aromatic rings. The number of hydrogen-bond donors (Lipinski definition) is 2. The lowest BCUT2D eigenvalue weighted by Crippen LogP contribution is -2.38. The molecule has 108 valence electrons. The third-order valence-corrected chi connectivity index (χ3v) is 4.48. The molecule has 0 aliphatic rings. The Kier molecular flexibility index (Phi) is 6.01. The van der Waals surface area contributed by atoms with Gasteiger partial charge in [-0.05, 0) is 31.7 Å². The lowest BCUT2D eigenvalue weighted by atomic mass is 10.3.